The molecule has 3 rings (SSSR count). The van der Waals surface area contributed by atoms with Crippen LogP contribution < -0.4 is 10.0 Å². The molecule has 1 aliphatic rings. The Morgan fingerprint density at radius 3 is 2.53 bits per heavy atom. The van der Waals surface area contributed by atoms with Crippen LogP contribution in [-0.2, 0) is 6.42 Å². The van der Waals surface area contributed by atoms with Crippen molar-refractivity contribution in [1.82, 2.24) is 0 Å². The van der Waals surface area contributed by atoms with E-state index in [2.05, 4.69) is 43.7 Å². The van der Waals surface area contributed by atoms with Crippen LogP contribution in [0.15, 0.2) is 42.5 Å². The standard InChI is InChI=1S/C15H15OP/c1-17(2)15-9-5-8-14-12(15)10-11-6-3-4-7-13(11)16-14/h3-9H,10H2,1-2H3. The van der Waals surface area contributed by atoms with Crippen LogP contribution in [0.25, 0.3) is 0 Å². The molecule has 2 aromatic rings. The predicted octanol–water partition coefficient (Wildman–Crippen LogP) is 3.75. The van der Waals surface area contributed by atoms with Crippen molar-refractivity contribution in [3.63, 3.8) is 0 Å². The van der Waals surface area contributed by atoms with E-state index in [1.54, 1.807) is 0 Å². The molecule has 0 fully saturated rings. The molecule has 0 aromatic heterocycles. The van der Waals surface area contributed by atoms with Gasteiger partial charge in [-0.15, -0.1) is 0 Å². The summed E-state index contributed by atoms with van der Waals surface area (Å²) in [4.78, 5) is 0. The van der Waals surface area contributed by atoms with Crippen molar-refractivity contribution in [3.05, 3.63) is 53.6 Å². The lowest BCUT2D eigenvalue weighted by Gasteiger charge is -2.23. The zero-order valence-corrected chi connectivity index (χ0v) is 11.0. The van der Waals surface area contributed by atoms with Crippen LogP contribution in [0.3, 0.4) is 0 Å². The highest BCUT2D eigenvalue weighted by Crippen LogP contribution is 2.39. The molecule has 0 aliphatic carbocycles. The summed E-state index contributed by atoms with van der Waals surface area (Å²) < 4.78 is 5.98. The normalized spacial score (nSPS) is 12.9. The van der Waals surface area contributed by atoms with Gasteiger partial charge in [0.05, 0.1) is 0 Å². The van der Waals surface area contributed by atoms with Gasteiger partial charge in [0.2, 0.25) is 0 Å². The summed E-state index contributed by atoms with van der Waals surface area (Å²) in [6.45, 7) is 4.59. The van der Waals surface area contributed by atoms with Gasteiger partial charge in [-0.1, -0.05) is 38.3 Å². The molecule has 0 saturated heterocycles. The lowest BCUT2D eigenvalue weighted by atomic mass is 10.0. The van der Waals surface area contributed by atoms with Crippen LogP contribution in [0, 0.1) is 0 Å². The minimum Gasteiger partial charge on any atom is -0.457 e. The van der Waals surface area contributed by atoms with E-state index in [0.29, 0.717) is 0 Å². The van der Waals surface area contributed by atoms with E-state index in [0.717, 1.165) is 17.9 Å². The number of hydrogen-bond donors (Lipinski definition) is 0. The molecule has 0 atom stereocenters. The summed E-state index contributed by atoms with van der Waals surface area (Å²) in [7, 11) is -0.0795. The second-order valence-corrected chi connectivity index (χ2v) is 6.81. The smallest absolute Gasteiger partial charge is 0.131 e. The fraction of sp³-hybridized carbons (Fsp3) is 0.200. The molecule has 1 heterocycles. The van der Waals surface area contributed by atoms with Crippen LogP contribution in [0.5, 0.6) is 11.5 Å². The lowest BCUT2D eigenvalue weighted by molar-refractivity contribution is 0.461. The molecular weight excluding hydrogens is 227 g/mol. The fourth-order valence-electron chi connectivity index (χ4n) is 2.30. The minimum atomic E-state index is -0.0795. The van der Waals surface area contributed by atoms with Crippen LogP contribution in [0.1, 0.15) is 11.1 Å². The summed E-state index contributed by atoms with van der Waals surface area (Å²) in [5.41, 5.74) is 2.67. The Labute approximate surface area is 103 Å². The SMILES string of the molecule is CP(C)c1cccc2c1Cc1ccccc1O2. The molecule has 86 valence electrons. The molecular formula is C15H15OP. The fourth-order valence-corrected chi connectivity index (χ4v) is 3.42. The van der Waals surface area contributed by atoms with Gasteiger partial charge >= 0.3 is 0 Å². The van der Waals surface area contributed by atoms with Gasteiger partial charge in [0.25, 0.3) is 0 Å². The van der Waals surface area contributed by atoms with Gasteiger partial charge in [0.1, 0.15) is 11.5 Å². The average Bonchev–Trinajstić information content (AvgIpc) is 2.35. The van der Waals surface area contributed by atoms with Crippen molar-refractivity contribution in [2.24, 2.45) is 0 Å². The molecule has 0 spiro atoms. The maximum atomic E-state index is 5.98. The van der Waals surface area contributed by atoms with Crippen LogP contribution >= 0.6 is 7.92 Å². The van der Waals surface area contributed by atoms with E-state index >= 15 is 0 Å². The first-order chi connectivity index (χ1) is 8.25. The Bertz CT molecular complexity index is 561. The van der Waals surface area contributed by atoms with E-state index in [-0.39, 0.29) is 7.92 Å². The maximum Gasteiger partial charge on any atom is 0.131 e. The molecule has 1 nitrogen and oxygen atoms in total. The molecule has 17 heavy (non-hydrogen) atoms. The molecule has 0 N–H and O–H groups in total. The number of fused-ring (bicyclic) bond motifs is 2. The zero-order valence-electron chi connectivity index (χ0n) is 10.1. The highest BCUT2D eigenvalue weighted by molar-refractivity contribution is 7.64. The number of rotatable bonds is 1. The number of benzene rings is 2. The summed E-state index contributed by atoms with van der Waals surface area (Å²) in [6, 6.07) is 14.7. The van der Waals surface area contributed by atoms with Gasteiger partial charge in [0.15, 0.2) is 0 Å². The van der Waals surface area contributed by atoms with E-state index in [1.165, 1.54) is 16.4 Å². The lowest BCUT2D eigenvalue weighted by Crippen LogP contribution is -2.13. The second kappa shape index (κ2) is 4.16. The van der Waals surface area contributed by atoms with Gasteiger partial charge in [-0.2, -0.15) is 0 Å². The van der Waals surface area contributed by atoms with Crippen LogP contribution in [0.4, 0.5) is 0 Å². The Balaban J connectivity index is 2.12. The molecule has 0 amide bonds. The largest absolute Gasteiger partial charge is 0.457 e. The molecule has 2 heteroatoms. The molecule has 0 unspecified atom stereocenters. The van der Waals surface area contributed by atoms with Crippen molar-refractivity contribution in [3.8, 4) is 11.5 Å². The first kappa shape index (κ1) is 10.8. The van der Waals surface area contributed by atoms with Gasteiger partial charge in [-0.25, -0.2) is 0 Å². The van der Waals surface area contributed by atoms with Gasteiger partial charge in [-0.05, 0) is 36.3 Å². The number of ether oxygens (including phenoxy) is 1. The molecule has 2 aromatic carbocycles. The monoisotopic (exact) mass is 242 g/mol. The third-order valence-corrected chi connectivity index (χ3v) is 4.53. The van der Waals surface area contributed by atoms with Gasteiger partial charge < -0.3 is 4.74 Å². The van der Waals surface area contributed by atoms with E-state index in [1.807, 2.05) is 12.1 Å². The predicted molar refractivity (Wildman–Crippen MR) is 74.2 cm³/mol. The zero-order chi connectivity index (χ0) is 11.8. The third kappa shape index (κ3) is 1.85. The highest BCUT2D eigenvalue weighted by atomic mass is 31.1. The second-order valence-electron chi connectivity index (χ2n) is 4.53. The Kier molecular flexibility index (Phi) is 2.64. The summed E-state index contributed by atoms with van der Waals surface area (Å²) in [5.74, 6) is 2.05. The quantitative estimate of drug-likeness (QED) is 0.590. The van der Waals surface area contributed by atoms with Crippen molar-refractivity contribution >= 4 is 13.2 Å². The Hall–Kier alpha value is -1.33. The average molecular weight is 242 g/mol. The van der Waals surface area contributed by atoms with Crippen molar-refractivity contribution in [2.75, 3.05) is 13.3 Å². The number of para-hydroxylation sites is 1. The molecule has 0 radical (unpaired) electrons. The molecule has 0 bridgehead atoms. The summed E-state index contributed by atoms with van der Waals surface area (Å²) in [5, 5.41) is 1.46. The Morgan fingerprint density at radius 2 is 1.71 bits per heavy atom. The van der Waals surface area contributed by atoms with Gasteiger partial charge in [0, 0.05) is 12.0 Å². The molecule has 0 saturated carbocycles. The van der Waals surface area contributed by atoms with Crippen molar-refractivity contribution in [1.29, 1.82) is 0 Å². The summed E-state index contributed by atoms with van der Waals surface area (Å²) >= 11 is 0. The number of hydrogen-bond acceptors (Lipinski definition) is 1. The third-order valence-electron chi connectivity index (χ3n) is 3.15. The van der Waals surface area contributed by atoms with E-state index in [4.69, 9.17) is 4.74 Å². The first-order valence-corrected chi connectivity index (χ1v) is 8.04. The van der Waals surface area contributed by atoms with E-state index in [9.17, 15) is 0 Å². The maximum absolute atomic E-state index is 5.98. The van der Waals surface area contributed by atoms with Gasteiger partial charge in [-0.3, -0.25) is 0 Å². The van der Waals surface area contributed by atoms with Crippen molar-refractivity contribution in [2.45, 2.75) is 6.42 Å². The van der Waals surface area contributed by atoms with Crippen LogP contribution in [-0.4, -0.2) is 13.3 Å². The first-order valence-electron chi connectivity index (χ1n) is 5.80. The topological polar surface area (TPSA) is 9.23 Å². The summed E-state index contributed by atoms with van der Waals surface area (Å²) in [6.07, 6.45) is 1.00. The van der Waals surface area contributed by atoms with Crippen molar-refractivity contribution < 1.29 is 4.74 Å². The minimum absolute atomic E-state index is 0.0795. The Morgan fingerprint density at radius 1 is 0.941 bits per heavy atom. The van der Waals surface area contributed by atoms with Crippen LogP contribution in [0.2, 0.25) is 0 Å². The highest BCUT2D eigenvalue weighted by Gasteiger charge is 2.19. The van der Waals surface area contributed by atoms with E-state index < -0.39 is 0 Å². The molecule has 1 aliphatic heterocycles.